The summed E-state index contributed by atoms with van der Waals surface area (Å²) in [5, 5.41) is 0. The topological polar surface area (TPSA) is 55.6 Å². The van der Waals surface area contributed by atoms with Crippen LogP contribution < -0.4 is 10.5 Å². The van der Waals surface area contributed by atoms with Crippen LogP contribution >= 0.6 is 0 Å². The van der Waals surface area contributed by atoms with E-state index in [1.165, 1.54) is 0 Å². The molecule has 1 fully saturated rings. The van der Waals surface area contributed by atoms with Crippen molar-refractivity contribution in [1.29, 1.82) is 0 Å². The Bertz CT molecular complexity index is 453. The van der Waals surface area contributed by atoms with Crippen LogP contribution in [-0.4, -0.2) is 36.5 Å². The Labute approximate surface area is 107 Å². The fraction of sp³-hybridized carbons (Fsp3) is 0.500. The highest BCUT2D eigenvalue weighted by molar-refractivity contribution is 5.85. The molecule has 2 heterocycles. The summed E-state index contributed by atoms with van der Waals surface area (Å²) in [5.41, 5.74) is 6.89. The molecule has 96 valence electrons. The minimum Gasteiger partial charge on any atom is -0.492 e. The second-order valence-electron chi connectivity index (χ2n) is 5.06. The summed E-state index contributed by atoms with van der Waals surface area (Å²) >= 11 is 0. The molecule has 0 radical (unpaired) electrons. The van der Waals surface area contributed by atoms with Crippen LogP contribution in [0.2, 0.25) is 0 Å². The van der Waals surface area contributed by atoms with Gasteiger partial charge in [-0.3, -0.25) is 4.79 Å². The van der Waals surface area contributed by atoms with E-state index in [4.69, 9.17) is 10.5 Å². The van der Waals surface area contributed by atoms with Crippen molar-refractivity contribution in [3.63, 3.8) is 0 Å². The first kappa shape index (κ1) is 11.5. The number of ether oxygens (including phenoxy) is 1. The van der Waals surface area contributed by atoms with E-state index in [0.717, 1.165) is 37.2 Å². The van der Waals surface area contributed by atoms with Crippen molar-refractivity contribution in [3.8, 4) is 5.75 Å². The molecule has 2 aliphatic rings. The van der Waals surface area contributed by atoms with Crippen molar-refractivity contribution in [2.24, 2.45) is 5.73 Å². The summed E-state index contributed by atoms with van der Waals surface area (Å²) in [6, 6.07) is 8.06. The number of amides is 1. The van der Waals surface area contributed by atoms with E-state index in [1.807, 2.05) is 29.2 Å². The largest absolute Gasteiger partial charge is 0.492 e. The zero-order valence-corrected chi connectivity index (χ0v) is 10.3. The molecule has 0 spiro atoms. The Morgan fingerprint density at radius 3 is 2.78 bits per heavy atom. The van der Waals surface area contributed by atoms with Crippen LogP contribution in [0.15, 0.2) is 24.3 Å². The average molecular weight is 246 g/mol. The summed E-state index contributed by atoms with van der Waals surface area (Å²) in [6.45, 7) is 2.03. The minimum absolute atomic E-state index is 0.129. The number of carbonyl (C=O) groups excluding carboxylic acids is 1. The molecule has 1 aromatic carbocycles. The van der Waals surface area contributed by atoms with E-state index in [2.05, 4.69) is 0 Å². The standard InChI is InChI=1S/C14H18N2O2/c15-10-5-7-16(8-6-10)14(17)12-9-18-13-4-2-1-3-11(12)13/h1-4,10,12H,5-9,15H2. The molecule has 0 bridgehead atoms. The van der Waals surface area contributed by atoms with Crippen molar-refractivity contribution < 1.29 is 9.53 Å². The van der Waals surface area contributed by atoms with Crippen molar-refractivity contribution in [2.75, 3.05) is 19.7 Å². The van der Waals surface area contributed by atoms with Crippen LogP contribution in [0.3, 0.4) is 0 Å². The average Bonchev–Trinajstić information content (AvgIpc) is 2.82. The van der Waals surface area contributed by atoms with E-state index in [9.17, 15) is 4.79 Å². The second-order valence-corrected chi connectivity index (χ2v) is 5.06. The lowest BCUT2D eigenvalue weighted by Crippen LogP contribution is -2.44. The quantitative estimate of drug-likeness (QED) is 0.807. The smallest absolute Gasteiger partial charge is 0.233 e. The lowest BCUT2D eigenvalue weighted by molar-refractivity contribution is -0.134. The monoisotopic (exact) mass is 246 g/mol. The molecule has 3 rings (SSSR count). The van der Waals surface area contributed by atoms with Gasteiger partial charge in [-0.15, -0.1) is 0 Å². The Morgan fingerprint density at radius 2 is 2.00 bits per heavy atom. The number of benzene rings is 1. The number of hydrogen-bond acceptors (Lipinski definition) is 3. The highest BCUT2D eigenvalue weighted by Crippen LogP contribution is 2.34. The van der Waals surface area contributed by atoms with Crippen molar-refractivity contribution in [2.45, 2.75) is 24.8 Å². The first-order valence-electron chi connectivity index (χ1n) is 6.52. The highest BCUT2D eigenvalue weighted by atomic mass is 16.5. The molecule has 1 aromatic rings. The van der Waals surface area contributed by atoms with Gasteiger partial charge in [0, 0.05) is 24.7 Å². The highest BCUT2D eigenvalue weighted by Gasteiger charge is 2.34. The maximum Gasteiger partial charge on any atom is 0.233 e. The third-order valence-corrected chi connectivity index (χ3v) is 3.85. The molecule has 2 aliphatic heterocycles. The Hall–Kier alpha value is -1.55. The van der Waals surface area contributed by atoms with Crippen molar-refractivity contribution >= 4 is 5.91 Å². The summed E-state index contributed by atoms with van der Waals surface area (Å²) in [4.78, 5) is 14.4. The molecular formula is C14H18N2O2. The molecule has 1 amide bonds. The Morgan fingerprint density at radius 1 is 1.28 bits per heavy atom. The molecule has 18 heavy (non-hydrogen) atoms. The number of para-hydroxylation sites is 1. The molecule has 4 heteroatoms. The lowest BCUT2D eigenvalue weighted by Gasteiger charge is -2.31. The zero-order chi connectivity index (χ0) is 12.5. The molecule has 2 N–H and O–H groups in total. The first-order valence-corrected chi connectivity index (χ1v) is 6.52. The summed E-state index contributed by atoms with van der Waals surface area (Å²) in [5.74, 6) is 0.909. The van der Waals surface area contributed by atoms with Gasteiger partial charge in [-0.25, -0.2) is 0 Å². The van der Waals surface area contributed by atoms with E-state index >= 15 is 0 Å². The molecule has 1 saturated heterocycles. The van der Waals surface area contributed by atoms with Crippen LogP contribution in [0.4, 0.5) is 0 Å². The van der Waals surface area contributed by atoms with Gasteiger partial charge >= 0.3 is 0 Å². The molecule has 0 aliphatic carbocycles. The third kappa shape index (κ3) is 1.97. The maximum absolute atomic E-state index is 12.5. The molecule has 0 aromatic heterocycles. The van der Waals surface area contributed by atoms with Gasteiger partial charge in [0.15, 0.2) is 0 Å². The number of rotatable bonds is 1. The summed E-state index contributed by atoms with van der Waals surface area (Å²) in [7, 11) is 0. The second kappa shape index (κ2) is 4.61. The zero-order valence-electron chi connectivity index (χ0n) is 10.3. The van der Waals surface area contributed by atoms with Gasteiger partial charge in [-0.05, 0) is 18.9 Å². The number of piperidine rings is 1. The van der Waals surface area contributed by atoms with Crippen LogP contribution in [0, 0.1) is 0 Å². The number of carbonyl (C=O) groups is 1. The summed E-state index contributed by atoms with van der Waals surface area (Å²) < 4.78 is 5.57. The predicted octanol–water partition coefficient (Wildman–Crippen LogP) is 1.11. The van der Waals surface area contributed by atoms with E-state index < -0.39 is 0 Å². The van der Waals surface area contributed by atoms with Crippen molar-refractivity contribution in [3.05, 3.63) is 29.8 Å². The van der Waals surface area contributed by atoms with E-state index in [-0.39, 0.29) is 17.9 Å². The SMILES string of the molecule is NC1CCN(C(=O)C2COc3ccccc32)CC1. The van der Waals surface area contributed by atoms with Gasteiger partial charge in [0.1, 0.15) is 18.3 Å². The number of hydrogen-bond donors (Lipinski definition) is 1. The van der Waals surface area contributed by atoms with Gasteiger partial charge in [0.05, 0.1) is 0 Å². The number of nitrogens with zero attached hydrogens (tertiary/aromatic N) is 1. The molecule has 4 nitrogen and oxygen atoms in total. The predicted molar refractivity (Wildman–Crippen MR) is 68.5 cm³/mol. The van der Waals surface area contributed by atoms with Crippen LogP contribution in [0.25, 0.3) is 0 Å². The van der Waals surface area contributed by atoms with Gasteiger partial charge in [0.2, 0.25) is 5.91 Å². The number of fused-ring (bicyclic) bond motifs is 1. The maximum atomic E-state index is 12.5. The fourth-order valence-corrected chi connectivity index (χ4v) is 2.71. The van der Waals surface area contributed by atoms with Gasteiger partial charge < -0.3 is 15.4 Å². The summed E-state index contributed by atoms with van der Waals surface area (Å²) in [6.07, 6.45) is 1.81. The minimum atomic E-state index is -0.129. The van der Waals surface area contributed by atoms with Gasteiger partial charge in [-0.1, -0.05) is 18.2 Å². The Balaban J connectivity index is 1.74. The van der Waals surface area contributed by atoms with E-state index in [0.29, 0.717) is 6.61 Å². The fourth-order valence-electron chi connectivity index (χ4n) is 2.71. The third-order valence-electron chi connectivity index (χ3n) is 3.85. The van der Waals surface area contributed by atoms with Gasteiger partial charge in [-0.2, -0.15) is 0 Å². The molecular weight excluding hydrogens is 228 g/mol. The van der Waals surface area contributed by atoms with Crippen molar-refractivity contribution in [1.82, 2.24) is 4.90 Å². The normalized spacial score (nSPS) is 23.6. The molecule has 1 atom stereocenters. The van der Waals surface area contributed by atoms with Crippen LogP contribution in [0.1, 0.15) is 24.3 Å². The van der Waals surface area contributed by atoms with Crippen LogP contribution in [0.5, 0.6) is 5.75 Å². The number of nitrogens with two attached hydrogens (primary N) is 1. The number of likely N-dealkylation sites (tertiary alicyclic amines) is 1. The molecule has 1 unspecified atom stereocenters. The van der Waals surface area contributed by atoms with E-state index in [1.54, 1.807) is 0 Å². The Kier molecular flexibility index (Phi) is 2.96. The first-order chi connectivity index (χ1) is 8.75. The van der Waals surface area contributed by atoms with Crippen LogP contribution in [-0.2, 0) is 4.79 Å². The van der Waals surface area contributed by atoms with Gasteiger partial charge in [0.25, 0.3) is 0 Å². The lowest BCUT2D eigenvalue weighted by atomic mass is 9.98. The molecule has 0 saturated carbocycles.